The van der Waals surface area contributed by atoms with Crippen LogP contribution in [0.1, 0.15) is 30.6 Å². The first-order valence-electron chi connectivity index (χ1n) is 6.05. The highest BCUT2D eigenvalue weighted by Crippen LogP contribution is 2.08. The number of carbonyl (C=O) groups excluding carboxylic acids is 2. The number of thioether (sulfide) groups is 1. The summed E-state index contributed by atoms with van der Waals surface area (Å²) >= 11 is 1.49. The first kappa shape index (κ1) is 14.8. The van der Waals surface area contributed by atoms with E-state index in [0.29, 0.717) is 17.9 Å². The maximum atomic E-state index is 11.8. The van der Waals surface area contributed by atoms with E-state index in [9.17, 15) is 9.59 Å². The van der Waals surface area contributed by atoms with Gasteiger partial charge in [0, 0.05) is 23.8 Å². The molecule has 0 heterocycles. The first-order chi connectivity index (χ1) is 8.59. The van der Waals surface area contributed by atoms with Crippen molar-refractivity contribution in [3.63, 3.8) is 0 Å². The molecule has 0 aromatic heterocycles. The minimum Gasteiger partial charge on any atom is -0.353 e. The van der Waals surface area contributed by atoms with Crippen molar-refractivity contribution >= 4 is 23.5 Å². The summed E-state index contributed by atoms with van der Waals surface area (Å²) in [5.41, 5.74) is 0.740. The molecule has 1 aromatic carbocycles. The van der Waals surface area contributed by atoms with E-state index >= 15 is 0 Å². The molecule has 1 N–H and O–H groups in total. The molecule has 0 spiro atoms. The fourth-order valence-corrected chi connectivity index (χ4v) is 2.20. The van der Waals surface area contributed by atoms with E-state index in [1.54, 1.807) is 0 Å². The van der Waals surface area contributed by atoms with Gasteiger partial charge in [-0.15, -0.1) is 0 Å². The first-order valence-corrected chi connectivity index (χ1v) is 7.20. The number of ketones is 1. The van der Waals surface area contributed by atoms with Gasteiger partial charge in [0.05, 0.1) is 5.75 Å². The van der Waals surface area contributed by atoms with E-state index in [1.807, 2.05) is 44.2 Å². The molecule has 0 saturated heterocycles. The van der Waals surface area contributed by atoms with Gasteiger partial charge in [-0.2, -0.15) is 11.8 Å². The van der Waals surface area contributed by atoms with E-state index in [1.165, 1.54) is 11.8 Å². The van der Waals surface area contributed by atoms with E-state index in [4.69, 9.17) is 0 Å². The quantitative estimate of drug-likeness (QED) is 0.608. The Kier molecular flexibility index (Phi) is 6.50. The second kappa shape index (κ2) is 7.93. The lowest BCUT2D eigenvalue weighted by atomic mass is 10.1. The summed E-state index contributed by atoms with van der Waals surface area (Å²) in [6.07, 6.45) is 0.476. The molecule has 0 saturated carbocycles. The van der Waals surface area contributed by atoms with Gasteiger partial charge in [0.25, 0.3) is 0 Å². The normalized spacial score (nSPS) is 10.4. The van der Waals surface area contributed by atoms with Crippen LogP contribution in [0.15, 0.2) is 30.3 Å². The highest BCUT2D eigenvalue weighted by atomic mass is 32.2. The lowest BCUT2D eigenvalue weighted by Gasteiger charge is -2.07. The van der Waals surface area contributed by atoms with E-state index in [0.717, 1.165) is 5.56 Å². The number of amides is 1. The molecule has 0 radical (unpaired) electrons. The lowest BCUT2D eigenvalue weighted by Crippen LogP contribution is -2.31. The van der Waals surface area contributed by atoms with Crippen molar-refractivity contribution in [1.29, 1.82) is 0 Å². The van der Waals surface area contributed by atoms with Crippen LogP contribution in [0.5, 0.6) is 0 Å². The number of rotatable bonds is 7. The number of hydrogen-bond donors (Lipinski definition) is 1. The van der Waals surface area contributed by atoms with E-state index in [2.05, 4.69) is 5.32 Å². The van der Waals surface area contributed by atoms with Crippen molar-refractivity contribution in [2.75, 3.05) is 11.5 Å². The van der Waals surface area contributed by atoms with Crippen LogP contribution in [-0.2, 0) is 4.79 Å². The average Bonchev–Trinajstić information content (AvgIpc) is 2.34. The Morgan fingerprint density at radius 2 is 1.89 bits per heavy atom. The van der Waals surface area contributed by atoms with Gasteiger partial charge >= 0.3 is 0 Å². The van der Waals surface area contributed by atoms with Crippen molar-refractivity contribution in [1.82, 2.24) is 5.32 Å². The maximum Gasteiger partial charge on any atom is 0.230 e. The molecule has 1 aromatic rings. The monoisotopic (exact) mass is 265 g/mol. The fourth-order valence-electron chi connectivity index (χ4n) is 1.46. The zero-order valence-electron chi connectivity index (χ0n) is 10.8. The summed E-state index contributed by atoms with van der Waals surface area (Å²) in [6, 6.07) is 9.41. The molecule has 1 amide bonds. The number of benzene rings is 1. The third-order valence-electron chi connectivity index (χ3n) is 2.25. The Morgan fingerprint density at radius 3 is 2.50 bits per heavy atom. The highest BCUT2D eigenvalue weighted by Gasteiger charge is 2.06. The van der Waals surface area contributed by atoms with Crippen LogP contribution in [0.3, 0.4) is 0 Å². The van der Waals surface area contributed by atoms with Gasteiger partial charge < -0.3 is 5.32 Å². The van der Waals surface area contributed by atoms with Crippen LogP contribution >= 0.6 is 11.8 Å². The Hall–Kier alpha value is -1.29. The molecular formula is C14H19NO2S. The Morgan fingerprint density at radius 1 is 1.22 bits per heavy atom. The van der Waals surface area contributed by atoms with Crippen molar-refractivity contribution in [2.45, 2.75) is 26.3 Å². The zero-order chi connectivity index (χ0) is 13.4. The lowest BCUT2D eigenvalue weighted by molar-refractivity contribution is -0.119. The van der Waals surface area contributed by atoms with Gasteiger partial charge in [0.2, 0.25) is 5.91 Å². The molecule has 0 atom stereocenters. The van der Waals surface area contributed by atoms with Crippen LogP contribution in [0.4, 0.5) is 0 Å². The summed E-state index contributed by atoms with van der Waals surface area (Å²) in [5.74, 6) is 1.26. The van der Waals surface area contributed by atoms with Gasteiger partial charge in [-0.1, -0.05) is 30.3 Å². The molecule has 3 nitrogen and oxygen atoms in total. The summed E-state index contributed by atoms with van der Waals surface area (Å²) in [6.45, 7) is 3.86. The highest BCUT2D eigenvalue weighted by molar-refractivity contribution is 7.99. The van der Waals surface area contributed by atoms with Crippen LogP contribution in [-0.4, -0.2) is 29.2 Å². The summed E-state index contributed by atoms with van der Waals surface area (Å²) in [4.78, 5) is 23.1. The molecule has 0 aliphatic carbocycles. The molecule has 0 bridgehead atoms. The second-order valence-corrected chi connectivity index (χ2v) is 5.42. The second-order valence-electron chi connectivity index (χ2n) is 4.31. The topological polar surface area (TPSA) is 46.2 Å². The van der Waals surface area contributed by atoms with Crippen molar-refractivity contribution in [3.8, 4) is 0 Å². The fraction of sp³-hybridized carbons (Fsp3) is 0.429. The molecule has 0 fully saturated rings. The SMILES string of the molecule is CC(C)NC(=O)CSCCC(=O)c1ccccc1. The number of Topliss-reactive ketones (excluding diaryl/α,β-unsaturated/α-hetero) is 1. The molecule has 98 valence electrons. The Bertz CT molecular complexity index is 390. The van der Waals surface area contributed by atoms with E-state index in [-0.39, 0.29) is 17.7 Å². The number of hydrogen-bond acceptors (Lipinski definition) is 3. The summed E-state index contributed by atoms with van der Waals surface area (Å²) in [7, 11) is 0. The maximum absolute atomic E-state index is 11.8. The third kappa shape index (κ3) is 5.87. The van der Waals surface area contributed by atoms with Gasteiger partial charge in [0.15, 0.2) is 5.78 Å². The van der Waals surface area contributed by atoms with Crippen molar-refractivity contribution in [3.05, 3.63) is 35.9 Å². The molecule has 18 heavy (non-hydrogen) atoms. The predicted octanol–water partition coefficient (Wildman–Crippen LogP) is 2.52. The van der Waals surface area contributed by atoms with Gasteiger partial charge in [-0.3, -0.25) is 9.59 Å². The molecule has 1 rings (SSSR count). The minimum absolute atomic E-state index is 0.0298. The third-order valence-corrected chi connectivity index (χ3v) is 3.21. The van der Waals surface area contributed by atoms with Crippen LogP contribution in [0.2, 0.25) is 0 Å². The van der Waals surface area contributed by atoms with Crippen molar-refractivity contribution in [2.24, 2.45) is 0 Å². The Balaban J connectivity index is 2.19. The van der Waals surface area contributed by atoms with Crippen LogP contribution in [0.25, 0.3) is 0 Å². The molecule has 0 unspecified atom stereocenters. The zero-order valence-corrected chi connectivity index (χ0v) is 11.6. The minimum atomic E-state index is 0.0298. The van der Waals surface area contributed by atoms with Gasteiger partial charge in [0.1, 0.15) is 0 Å². The number of carbonyl (C=O) groups is 2. The molecule has 0 aliphatic rings. The average molecular weight is 265 g/mol. The molecular weight excluding hydrogens is 246 g/mol. The van der Waals surface area contributed by atoms with Gasteiger partial charge in [-0.05, 0) is 13.8 Å². The smallest absolute Gasteiger partial charge is 0.230 e. The standard InChI is InChI=1S/C14H19NO2S/c1-11(2)15-14(17)10-18-9-8-13(16)12-6-4-3-5-7-12/h3-7,11H,8-10H2,1-2H3,(H,15,17). The largest absolute Gasteiger partial charge is 0.353 e. The van der Waals surface area contributed by atoms with E-state index < -0.39 is 0 Å². The van der Waals surface area contributed by atoms with Crippen LogP contribution in [0, 0.1) is 0 Å². The Labute approximate surface area is 112 Å². The van der Waals surface area contributed by atoms with Crippen molar-refractivity contribution < 1.29 is 9.59 Å². The van der Waals surface area contributed by atoms with Gasteiger partial charge in [-0.25, -0.2) is 0 Å². The molecule has 4 heteroatoms. The number of nitrogens with one attached hydrogen (secondary N) is 1. The van der Waals surface area contributed by atoms with Crippen LogP contribution < -0.4 is 5.32 Å². The summed E-state index contributed by atoms with van der Waals surface area (Å²) in [5, 5.41) is 2.82. The molecule has 0 aliphatic heterocycles. The predicted molar refractivity (Wildman–Crippen MR) is 76.0 cm³/mol. The summed E-state index contributed by atoms with van der Waals surface area (Å²) < 4.78 is 0.